The first-order valence-electron chi connectivity index (χ1n) is 7.92. The molecule has 2 heterocycles. The Bertz CT molecular complexity index is 823. The topological polar surface area (TPSA) is 97.1 Å². The zero-order chi connectivity index (χ0) is 17.0. The van der Waals surface area contributed by atoms with Crippen LogP contribution < -0.4 is 16.7 Å². The van der Waals surface area contributed by atoms with Gasteiger partial charge in [-0.15, -0.1) is 0 Å². The summed E-state index contributed by atoms with van der Waals surface area (Å²) in [7, 11) is 1.59. The number of rotatable bonds is 7. The number of hydrogen-bond donors (Lipinski definition) is 2. The van der Waals surface area contributed by atoms with Crippen molar-refractivity contribution < 1.29 is 0 Å². The number of nitrogens with one attached hydrogen (secondary N) is 2. The molecule has 0 amide bonds. The molecule has 2 aromatic heterocycles. The SMILES string of the molecule is CCCCCCn1c(NN=C(C)C)nc2c1c(=O)[nH]c(=O)n2C. The van der Waals surface area contributed by atoms with E-state index in [1.165, 1.54) is 4.57 Å². The van der Waals surface area contributed by atoms with Crippen LogP contribution >= 0.6 is 0 Å². The number of imidazole rings is 1. The Morgan fingerprint density at radius 1 is 1.26 bits per heavy atom. The summed E-state index contributed by atoms with van der Waals surface area (Å²) in [6.45, 7) is 6.53. The number of fused-ring (bicyclic) bond motifs is 1. The maximum Gasteiger partial charge on any atom is 0.329 e. The van der Waals surface area contributed by atoms with Gasteiger partial charge in [-0.1, -0.05) is 26.2 Å². The molecule has 0 aliphatic carbocycles. The van der Waals surface area contributed by atoms with Gasteiger partial charge in [0.05, 0.1) is 0 Å². The van der Waals surface area contributed by atoms with Crippen LogP contribution in [0.3, 0.4) is 0 Å². The number of hydrogen-bond acceptors (Lipinski definition) is 5. The quantitative estimate of drug-likeness (QED) is 0.462. The van der Waals surface area contributed by atoms with Crippen molar-refractivity contribution in [3.05, 3.63) is 20.8 Å². The van der Waals surface area contributed by atoms with Gasteiger partial charge < -0.3 is 4.57 Å². The molecule has 0 bridgehead atoms. The summed E-state index contributed by atoms with van der Waals surface area (Å²) in [5.41, 5.74) is 3.60. The van der Waals surface area contributed by atoms with Crippen LogP contribution in [0.15, 0.2) is 14.7 Å². The van der Waals surface area contributed by atoms with Crippen molar-refractivity contribution in [2.75, 3.05) is 5.43 Å². The van der Waals surface area contributed by atoms with E-state index < -0.39 is 11.2 Å². The van der Waals surface area contributed by atoms with Crippen molar-refractivity contribution in [2.45, 2.75) is 53.0 Å². The standard InChI is InChI=1S/C15H24N6O2/c1-5-6-7-8-9-21-11-12(16-14(21)19-18-10(2)3)20(4)15(23)17-13(11)22/h5-9H2,1-4H3,(H,16,19)(H,17,22,23). The fourth-order valence-corrected chi connectivity index (χ4v) is 2.40. The predicted octanol–water partition coefficient (Wildman–Crippen LogP) is 1.81. The minimum absolute atomic E-state index is 0.362. The molecule has 2 N–H and O–H groups in total. The molecule has 0 fully saturated rings. The Hall–Kier alpha value is -2.38. The molecule has 0 saturated heterocycles. The largest absolute Gasteiger partial charge is 0.329 e. The van der Waals surface area contributed by atoms with E-state index in [0.717, 1.165) is 31.4 Å². The smallest absolute Gasteiger partial charge is 0.303 e. The van der Waals surface area contributed by atoms with E-state index in [1.807, 2.05) is 13.8 Å². The van der Waals surface area contributed by atoms with Gasteiger partial charge in [0.2, 0.25) is 5.95 Å². The first-order chi connectivity index (χ1) is 11.0. The second-order valence-electron chi connectivity index (χ2n) is 5.81. The summed E-state index contributed by atoms with van der Waals surface area (Å²) in [5.74, 6) is 0.476. The predicted molar refractivity (Wildman–Crippen MR) is 92.1 cm³/mol. The average molecular weight is 320 g/mol. The molecular formula is C15H24N6O2. The number of aryl methyl sites for hydroxylation is 2. The van der Waals surface area contributed by atoms with Crippen LogP contribution in [0.25, 0.3) is 11.2 Å². The van der Waals surface area contributed by atoms with E-state index in [2.05, 4.69) is 27.4 Å². The van der Waals surface area contributed by atoms with Gasteiger partial charge in [-0.2, -0.15) is 10.1 Å². The Morgan fingerprint density at radius 2 is 2.00 bits per heavy atom. The number of unbranched alkanes of at least 4 members (excludes halogenated alkanes) is 3. The molecule has 0 spiro atoms. The van der Waals surface area contributed by atoms with Crippen LogP contribution in [0.5, 0.6) is 0 Å². The number of anilines is 1. The lowest BCUT2D eigenvalue weighted by molar-refractivity contribution is 0.593. The number of nitrogens with zero attached hydrogens (tertiary/aromatic N) is 4. The number of H-pyrrole nitrogens is 1. The van der Waals surface area contributed by atoms with Gasteiger partial charge in [-0.3, -0.25) is 14.3 Å². The summed E-state index contributed by atoms with van der Waals surface area (Å²) >= 11 is 0. The fraction of sp³-hybridized carbons (Fsp3) is 0.600. The van der Waals surface area contributed by atoms with E-state index in [9.17, 15) is 9.59 Å². The van der Waals surface area contributed by atoms with E-state index in [1.54, 1.807) is 11.6 Å². The van der Waals surface area contributed by atoms with Crippen molar-refractivity contribution >= 4 is 22.8 Å². The summed E-state index contributed by atoms with van der Waals surface area (Å²) in [6.07, 6.45) is 4.31. The lowest BCUT2D eigenvalue weighted by atomic mass is 10.2. The van der Waals surface area contributed by atoms with Crippen molar-refractivity contribution in [1.82, 2.24) is 19.1 Å². The second-order valence-corrected chi connectivity index (χ2v) is 5.81. The molecule has 0 saturated carbocycles. The Labute approximate surface area is 134 Å². The number of aromatic amines is 1. The van der Waals surface area contributed by atoms with E-state index >= 15 is 0 Å². The second kappa shape index (κ2) is 7.26. The lowest BCUT2D eigenvalue weighted by Crippen LogP contribution is -2.29. The highest BCUT2D eigenvalue weighted by Crippen LogP contribution is 2.17. The normalized spacial score (nSPS) is 11.0. The molecule has 2 rings (SSSR count). The monoisotopic (exact) mass is 320 g/mol. The van der Waals surface area contributed by atoms with Gasteiger partial charge in [0.15, 0.2) is 11.2 Å². The summed E-state index contributed by atoms with van der Waals surface area (Å²) < 4.78 is 3.14. The molecule has 8 nitrogen and oxygen atoms in total. The third-order valence-electron chi connectivity index (χ3n) is 3.62. The van der Waals surface area contributed by atoms with Crippen LogP contribution in [-0.4, -0.2) is 24.8 Å². The summed E-state index contributed by atoms with van der Waals surface area (Å²) in [6, 6.07) is 0. The molecule has 0 atom stereocenters. The molecule has 0 unspecified atom stereocenters. The minimum Gasteiger partial charge on any atom is -0.303 e. The molecule has 0 radical (unpaired) electrons. The van der Waals surface area contributed by atoms with Gasteiger partial charge >= 0.3 is 5.69 Å². The molecule has 0 aliphatic rings. The molecular weight excluding hydrogens is 296 g/mol. The first kappa shape index (κ1) is 17.0. The molecule has 0 aromatic carbocycles. The molecule has 126 valence electrons. The average Bonchev–Trinajstić information content (AvgIpc) is 2.86. The van der Waals surface area contributed by atoms with Crippen molar-refractivity contribution in [3.63, 3.8) is 0 Å². The maximum absolute atomic E-state index is 12.2. The number of hydrazone groups is 1. The third kappa shape index (κ3) is 3.69. The highest BCUT2D eigenvalue weighted by atomic mass is 16.2. The Balaban J connectivity index is 2.51. The third-order valence-corrected chi connectivity index (χ3v) is 3.62. The van der Waals surface area contributed by atoms with Crippen LogP contribution in [-0.2, 0) is 13.6 Å². The van der Waals surface area contributed by atoms with E-state index in [0.29, 0.717) is 23.7 Å². The molecule has 2 aromatic rings. The van der Waals surface area contributed by atoms with Crippen LogP contribution in [0.4, 0.5) is 5.95 Å². The highest BCUT2D eigenvalue weighted by molar-refractivity contribution is 5.80. The Kier molecular flexibility index (Phi) is 5.36. The van der Waals surface area contributed by atoms with Crippen molar-refractivity contribution in [3.8, 4) is 0 Å². The van der Waals surface area contributed by atoms with Crippen molar-refractivity contribution in [2.24, 2.45) is 12.1 Å². The molecule has 8 heteroatoms. The zero-order valence-electron chi connectivity index (χ0n) is 14.1. The number of aromatic nitrogens is 4. The lowest BCUT2D eigenvalue weighted by Gasteiger charge is -2.08. The van der Waals surface area contributed by atoms with Gasteiger partial charge in [0, 0.05) is 19.3 Å². The van der Waals surface area contributed by atoms with Crippen LogP contribution in [0, 0.1) is 0 Å². The maximum atomic E-state index is 12.2. The highest BCUT2D eigenvalue weighted by Gasteiger charge is 2.16. The zero-order valence-corrected chi connectivity index (χ0v) is 14.1. The Morgan fingerprint density at radius 3 is 2.65 bits per heavy atom. The van der Waals surface area contributed by atoms with E-state index in [-0.39, 0.29) is 0 Å². The van der Waals surface area contributed by atoms with Gasteiger partial charge in [0.25, 0.3) is 5.56 Å². The summed E-state index contributed by atoms with van der Waals surface area (Å²) in [5, 5.41) is 4.16. The minimum atomic E-state index is -0.472. The van der Waals surface area contributed by atoms with Crippen LogP contribution in [0.2, 0.25) is 0 Å². The van der Waals surface area contributed by atoms with Gasteiger partial charge in [-0.25, -0.2) is 10.2 Å². The fourth-order valence-electron chi connectivity index (χ4n) is 2.40. The molecule has 23 heavy (non-hydrogen) atoms. The first-order valence-corrected chi connectivity index (χ1v) is 7.92. The van der Waals surface area contributed by atoms with Gasteiger partial charge in [0.1, 0.15) is 0 Å². The van der Waals surface area contributed by atoms with Gasteiger partial charge in [-0.05, 0) is 20.3 Å². The van der Waals surface area contributed by atoms with E-state index in [4.69, 9.17) is 0 Å². The van der Waals surface area contributed by atoms with Crippen LogP contribution in [0.1, 0.15) is 46.5 Å². The van der Waals surface area contributed by atoms with Crippen molar-refractivity contribution in [1.29, 1.82) is 0 Å². The summed E-state index contributed by atoms with van der Waals surface area (Å²) in [4.78, 5) is 30.7. The molecule has 0 aliphatic heterocycles.